The Morgan fingerprint density at radius 1 is 1.33 bits per heavy atom. The predicted molar refractivity (Wildman–Crippen MR) is 102 cm³/mol. The molecule has 0 saturated heterocycles. The Bertz CT molecular complexity index is 879. The molecule has 6 heteroatoms. The van der Waals surface area contributed by atoms with Crippen LogP contribution in [0.5, 0.6) is 0 Å². The molecule has 0 bridgehead atoms. The molecule has 2 aromatic heterocycles. The van der Waals surface area contributed by atoms with Crippen LogP contribution in [0.2, 0.25) is 0 Å². The Hall–Kier alpha value is -1.76. The van der Waals surface area contributed by atoms with Gasteiger partial charge in [0.05, 0.1) is 10.2 Å². The highest BCUT2D eigenvalue weighted by atomic mass is 32.1. The smallest absolute Gasteiger partial charge is 0.221 e. The van der Waals surface area contributed by atoms with Crippen LogP contribution in [0.4, 0.5) is 5.00 Å². The van der Waals surface area contributed by atoms with Crippen molar-refractivity contribution in [2.24, 2.45) is 0 Å². The van der Waals surface area contributed by atoms with Gasteiger partial charge in [0.15, 0.2) is 0 Å². The van der Waals surface area contributed by atoms with Crippen LogP contribution in [0.25, 0.3) is 20.8 Å². The minimum Gasteiger partial charge on any atom is -0.317 e. The number of amides is 1. The van der Waals surface area contributed by atoms with Gasteiger partial charge in [-0.2, -0.15) is 0 Å². The van der Waals surface area contributed by atoms with Crippen LogP contribution >= 0.6 is 22.7 Å². The van der Waals surface area contributed by atoms with E-state index in [2.05, 4.69) is 23.2 Å². The molecule has 1 N–H and O–H groups in total. The number of benzene rings is 1. The van der Waals surface area contributed by atoms with E-state index < -0.39 is 0 Å². The molecule has 0 aliphatic carbocycles. The zero-order chi connectivity index (χ0) is 16.7. The first kappa shape index (κ1) is 15.7. The standard InChI is InChI=1S/C18H19N3OS2/c1-3-21-9-8-12-15(10-21)24-17(19-11(2)22)16(12)18-20-13-6-4-5-7-14(13)23-18/h4-7H,3,8-10H2,1-2H3,(H,19,22). The van der Waals surface area contributed by atoms with E-state index in [-0.39, 0.29) is 5.91 Å². The lowest BCUT2D eigenvalue weighted by atomic mass is 10.0. The van der Waals surface area contributed by atoms with Gasteiger partial charge in [0, 0.05) is 30.5 Å². The summed E-state index contributed by atoms with van der Waals surface area (Å²) in [7, 11) is 0. The average molecular weight is 358 g/mol. The second kappa shape index (κ2) is 6.27. The molecule has 0 saturated carbocycles. The number of para-hydroxylation sites is 1. The number of hydrogen-bond acceptors (Lipinski definition) is 5. The summed E-state index contributed by atoms with van der Waals surface area (Å²) in [6.45, 7) is 6.86. The topological polar surface area (TPSA) is 45.2 Å². The molecule has 1 aliphatic rings. The van der Waals surface area contributed by atoms with E-state index in [1.165, 1.54) is 15.1 Å². The maximum absolute atomic E-state index is 11.7. The Morgan fingerprint density at radius 3 is 2.92 bits per heavy atom. The summed E-state index contributed by atoms with van der Waals surface area (Å²) in [5.74, 6) is -0.0247. The number of hydrogen-bond donors (Lipinski definition) is 1. The van der Waals surface area contributed by atoms with E-state index in [0.29, 0.717) is 0 Å². The van der Waals surface area contributed by atoms with Crippen molar-refractivity contribution in [1.82, 2.24) is 9.88 Å². The van der Waals surface area contributed by atoms with Crippen molar-refractivity contribution in [3.05, 3.63) is 34.7 Å². The van der Waals surface area contributed by atoms with Crippen molar-refractivity contribution in [3.8, 4) is 10.6 Å². The summed E-state index contributed by atoms with van der Waals surface area (Å²) >= 11 is 3.41. The molecule has 0 unspecified atom stereocenters. The minimum absolute atomic E-state index is 0.0247. The SMILES string of the molecule is CCN1CCc2c(sc(NC(C)=O)c2-c2nc3ccccc3s2)C1. The van der Waals surface area contributed by atoms with E-state index in [0.717, 1.165) is 47.1 Å². The van der Waals surface area contributed by atoms with Crippen molar-refractivity contribution >= 4 is 43.8 Å². The highest BCUT2D eigenvalue weighted by molar-refractivity contribution is 7.22. The molecule has 1 aromatic carbocycles. The van der Waals surface area contributed by atoms with Crippen LogP contribution in [0.15, 0.2) is 24.3 Å². The van der Waals surface area contributed by atoms with Crippen molar-refractivity contribution in [1.29, 1.82) is 0 Å². The van der Waals surface area contributed by atoms with E-state index in [9.17, 15) is 4.79 Å². The normalized spacial score (nSPS) is 14.8. The van der Waals surface area contributed by atoms with Gasteiger partial charge in [-0.15, -0.1) is 22.7 Å². The molecule has 1 amide bonds. The second-order valence-electron chi connectivity index (χ2n) is 5.99. The Kier molecular flexibility index (Phi) is 4.12. The van der Waals surface area contributed by atoms with Crippen LogP contribution < -0.4 is 5.32 Å². The van der Waals surface area contributed by atoms with Crippen LogP contribution in [0.1, 0.15) is 24.3 Å². The van der Waals surface area contributed by atoms with Gasteiger partial charge in [-0.05, 0) is 30.7 Å². The largest absolute Gasteiger partial charge is 0.317 e. The third-order valence-corrected chi connectivity index (χ3v) is 6.57. The maximum atomic E-state index is 11.7. The fourth-order valence-corrected chi connectivity index (χ4v) is 5.63. The molecule has 124 valence electrons. The predicted octanol–water partition coefficient (Wildman–Crippen LogP) is 4.36. The molecule has 3 heterocycles. The first-order valence-corrected chi connectivity index (χ1v) is 9.79. The van der Waals surface area contributed by atoms with Crippen LogP contribution in [-0.4, -0.2) is 28.9 Å². The first-order chi connectivity index (χ1) is 11.7. The molecular formula is C18H19N3OS2. The molecule has 1 aliphatic heterocycles. The van der Waals surface area contributed by atoms with Crippen LogP contribution in [0.3, 0.4) is 0 Å². The number of rotatable bonds is 3. The third kappa shape index (κ3) is 2.75. The highest BCUT2D eigenvalue weighted by Gasteiger charge is 2.26. The van der Waals surface area contributed by atoms with Gasteiger partial charge < -0.3 is 5.32 Å². The Balaban J connectivity index is 1.86. The lowest BCUT2D eigenvalue weighted by Crippen LogP contribution is -2.29. The van der Waals surface area contributed by atoms with Crippen molar-refractivity contribution in [2.45, 2.75) is 26.8 Å². The van der Waals surface area contributed by atoms with Gasteiger partial charge in [0.1, 0.15) is 10.0 Å². The molecular weight excluding hydrogens is 338 g/mol. The second-order valence-corrected chi connectivity index (χ2v) is 8.13. The lowest BCUT2D eigenvalue weighted by molar-refractivity contribution is -0.114. The number of thiazole rings is 1. The number of carbonyl (C=O) groups is 1. The first-order valence-electron chi connectivity index (χ1n) is 8.16. The van der Waals surface area contributed by atoms with Gasteiger partial charge in [0.2, 0.25) is 5.91 Å². The molecule has 24 heavy (non-hydrogen) atoms. The summed E-state index contributed by atoms with van der Waals surface area (Å²) < 4.78 is 1.19. The molecule has 0 atom stereocenters. The number of anilines is 1. The molecule has 0 radical (unpaired) electrons. The van der Waals surface area contributed by atoms with Gasteiger partial charge >= 0.3 is 0 Å². The van der Waals surface area contributed by atoms with Gasteiger partial charge in [-0.1, -0.05) is 19.1 Å². The van der Waals surface area contributed by atoms with Crippen LogP contribution in [-0.2, 0) is 17.8 Å². The number of nitrogens with zero attached hydrogens (tertiary/aromatic N) is 2. The zero-order valence-electron chi connectivity index (χ0n) is 13.8. The third-order valence-electron chi connectivity index (χ3n) is 4.38. The quantitative estimate of drug-likeness (QED) is 0.757. The van der Waals surface area contributed by atoms with Gasteiger partial charge in [-0.3, -0.25) is 9.69 Å². The van der Waals surface area contributed by atoms with Crippen LogP contribution in [0, 0.1) is 0 Å². The summed E-state index contributed by atoms with van der Waals surface area (Å²) in [6, 6.07) is 8.21. The molecule has 3 aromatic rings. The van der Waals surface area contributed by atoms with E-state index >= 15 is 0 Å². The number of aromatic nitrogens is 1. The number of likely N-dealkylation sites (N-methyl/N-ethyl adjacent to an activating group) is 1. The minimum atomic E-state index is -0.0247. The Morgan fingerprint density at radius 2 is 2.17 bits per heavy atom. The van der Waals surface area contributed by atoms with Crippen molar-refractivity contribution < 1.29 is 4.79 Å². The number of thiophene rings is 1. The van der Waals surface area contributed by atoms with Gasteiger partial charge in [-0.25, -0.2) is 4.98 Å². The highest BCUT2D eigenvalue weighted by Crippen LogP contribution is 2.45. The zero-order valence-corrected chi connectivity index (χ0v) is 15.4. The summed E-state index contributed by atoms with van der Waals surface area (Å²) in [5, 5.41) is 5.00. The fourth-order valence-electron chi connectivity index (χ4n) is 3.18. The van der Waals surface area contributed by atoms with E-state index in [1.54, 1.807) is 29.6 Å². The van der Waals surface area contributed by atoms with Crippen molar-refractivity contribution in [3.63, 3.8) is 0 Å². The number of carbonyl (C=O) groups excluding carboxylic acids is 1. The van der Waals surface area contributed by atoms with E-state index in [4.69, 9.17) is 4.98 Å². The van der Waals surface area contributed by atoms with E-state index in [1.807, 2.05) is 18.2 Å². The Labute approximate surface area is 149 Å². The van der Waals surface area contributed by atoms with Gasteiger partial charge in [0.25, 0.3) is 0 Å². The van der Waals surface area contributed by atoms with Crippen molar-refractivity contribution in [2.75, 3.05) is 18.4 Å². The average Bonchev–Trinajstić information content (AvgIpc) is 3.13. The molecule has 4 nitrogen and oxygen atoms in total. The summed E-state index contributed by atoms with van der Waals surface area (Å²) in [5.41, 5.74) is 3.53. The number of nitrogens with one attached hydrogen (secondary N) is 1. The fraction of sp³-hybridized carbons (Fsp3) is 0.333. The maximum Gasteiger partial charge on any atom is 0.221 e. The number of fused-ring (bicyclic) bond motifs is 2. The molecule has 0 spiro atoms. The molecule has 4 rings (SSSR count). The summed E-state index contributed by atoms with van der Waals surface area (Å²) in [4.78, 5) is 20.3. The summed E-state index contributed by atoms with van der Waals surface area (Å²) in [6.07, 6.45) is 1.02. The molecule has 0 fully saturated rings. The monoisotopic (exact) mass is 357 g/mol. The lowest BCUT2D eigenvalue weighted by Gasteiger charge is -2.25.